The number of nitrogens with zero attached hydrogens (tertiary/aromatic N) is 2. The third-order valence-corrected chi connectivity index (χ3v) is 5.18. The van der Waals surface area contributed by atoms with Crippen LogP contribution in [0, 0.1) is 0 Å². The molecule has 0 saturated carbocycles. The Hall–Kier alpha value is -1.89. The van der Waals surface area contributed by atoms with E-state index in [2.05, 4.69) is 34.1 Å². The highest BCUT2D eigenvalue weighted by molar-refractivity contribution is 5.85. The van der Waals surface area contributed by atoms with Crippen LogP contribution in [0.25, 0.3) is 10.9 Å². The van der Waals surface area contributed by atoms with E-state index in [0.717, 1.165) is 18.6 Å². The first-order valence-electron chi connectivity index (χ1n) is 8.94. The molecule has 1 aromatic heterocycles. The van der Waals surface area contributed by atoms with Crippen molar-refractivity contribution < 1.29 is 14.3 Å². The molecule has 0 unspecified atom stereocenters. The number of morpholine rings is 2. The van der Waals surface area contributed by atoms with Crippen LogP contribution in [-0.2, 0) is 20.8 Å². The van der Waals surface area contributed by atoms with Gasteiger partial charge in [-0.1, -0.05) is 12.1 Å². The van der Waals surface area contributed by atoms with Crippen molar-refractivity contribution in [2.24, 2.45) is 0 Å². The van der Waals surface area contributed by atoms with E-state index in [1.165, 1.54) is 10.9 Å². The van der Waals surface area contributed by atoms with Crippen LogP contribution in [0.5, 0.6) is 0 Å². The second kappa shape index (κ2) is 6.78. The first kappa shape index (κ1) is 16.6. The zero-order valence-electron chi connectivity index (χ0n) is 14.7. The molecule has 3 heterocycles. The quantitative estimate of drug-likeness (QED) is 0.920. The Morgan fingerprint density at radius 3 is 2.88 bits per heavy atom. The summed E-state index contributed by atoms with van der Waals surface area (Å²) in [5.74, 6) is 0.0837. The maximum absolute atomic E-state index is 13.0. The summed E-state index contributed by atoms with van der Waals surface area (Å²) in [5.41, 5.74) is 1.65. The number of rotatable bonds is 3. The van der Waals surface area contributed by atoms with Crippen LogP contribution in [0.4, 0.5) is 0 Å². The third-order valence-electron chi connectivity index (χ3n) is 5.18. The molecule has 1 N–H and O–H groups in total. The topological polar surface area (TPSA) is 57.8 Å². The molecule has 2 fully saturated rings. The Morgan fingerprint density at radius 1 is 1.20 bits per heavy atom. The van der Waals surface area contributed by atoms with Crippen molar-refractivity contribution in [3.63, 3.8) is 0 Å². The molecule has 0 bridgehead atoms. The van der Waals surface area contributed by atoms with Crippen molar-refractivity contribution in [2.45, 2.75) is 19.1 Å². The van der Waals surface area contributed by atoms with Gasteiger partial charge in [0, 0.05) is 49.8 Å². The maximum Gasteiger partial charge on any atom is 0.256 e. The number of fused-ring (bicyclic) bond motifs is 1. The number of aromatic amines is 1. The Morgan fingerprint density at radius 2 is 2.04 bits per heavy atom. The number of ether oxygens (including phenoxy) is 2. The second-order valence-corrected chi connectivity index (χ2v) is 7.05. The fourth-order valence-corrected chi connectivity index (χ4v) is 3.85. The molecule has 25 heavy (non-hydrogen) atoms. The van der Waals surface area contributed by atoms with E-state index in [9.17, 15) is 4.79 Å². The number of carbonyl (C=O) groups is 1. The van der Waals surface area contributed by atoms with Gasteiger partial charge in [-0.2, -0.15) is 0 Å². The standard InChI is InChI=1S/C19H25N3O3/c1-19(18(23)22-8-10-24-11-9-22)14-21(7-12-25-19)13-15-3-2-4-17-16(15)5-6-20-17/h2-6,20H,7-14H2,1H3/t19-/m0/s1. The SMILES string of the molecule is C[C@@]1(C(=O)N2CCOCC2)CN(Cc2cccc3[nH]ccc23)CCO1. The first-order valence-corrected chi connectivity index (χ1v) is 8.94. The predicted octanol–water partition coefficient (Wildman–Crippen LogP) is 1.62. The van der Waals surface area contributed by atoms with Crippen molar-refractivity contribution in [3.05, 3.63) is 36.0 Å². The molecular weight excluding hydrogens is 318 g/mol. The molecule has 0 spiro atoms. The number of hydrogen-bond donors (Lipinski definition) is 1. The average molecular weight is 343 g/mol. The van der Waals surface area contributed by atoms with E-state index in [1.54, 1.807) is 0 Å². The zero-order valence-corrected chi connectivity index (χ0v) is 14.7. The van der Waals surface area contributed by atoms with Crippen molar-refractivity contribution in [3.8, 4) is 0 Å². The molecule has 0 aliphatic carbocycles. The Kier molecular flexibility index (Phi) is 4.50. The summed E-state index contributed by atoms with van der Waals surface area (Å²) in [5, 5.41) is 1.25. The second-order valence-electron chi connectivity index (χ2n) is 7.05. The highest BCUT2D eigenvalue weighted by atomic mass is 16.5. The molecule has 1 amide bonds. The summed E-state index contributed by atoms with van der Waals surface area (Å²) in [4.78, 5) is 20.4. The van der Waals surface area contributed by atoms with Gasteiger partial charge in [0.05, 0.1) is 19.8 Å². The minimum Gasteiger partial charge on any atom is -0.378 e. The number of amides is 1. The fourth-order valence-electron chi connectivity index (χ4n) is 3.85. The van der Waals surface area contributed by atoms with E-state index in [4.69, 9.17) is 9.47 Å². The average Bonchev–Trinajstić information content (AvgIpc) is 3.12. The van der Waals surface area contributed by atoms with Gasteiger partial charge in [-0.25, -0.2) is 0 Å². The van der Waals surface area contributed by atoms with Gasteiger partial charge >= 0.3 is 0 Å². The maximum atomic E-state index is 13.0. The molecule has 1 aromatic carbocycles. The molecule has 6 heteroatoms. The lowest BCUT2D eigenvalue weighted by Crippen LogP contribution is -2.60. The van der Waals surface area contributed by atoms with E-state index in [1.807, 2.05) is 18.0 Å². The third kappa shape index (κ3) is 3.29. The normalized spacial score (nSPS) is 25.4. The van der Waals surface area contributed by atoms with E-state index >= 15 is 0 Å². The van der Waals surface area contributed by atoms with Crippen LogP contribution >= 0.6 is 0 Å². The van der Waals surface area contributed by atoms with Gasteiger partial charge in [0.1, 0.15) is 0 Å². The minimum absolute atomic E-state index is 0.0837. The molecule has 2 aliphatic heterocycles. The highest BCUT2D eigenvalue weighted by Gasteiger charge is 2.42. The van der Waals surface area contributed by atoms with E-state index in [-0.39, 0.29) is 5.91 Å². The number of hydrogen-bond acceptors (Lipinski definition) is 4. The van der Waals surface area contributed by atoms with Crippen LogP contribution in [0.2, 0.25) is 0 Å². The van der Waals surface area contributed by atoms with Crippen molar-refractivity contribution in [2.75, 3.05) is 46.0 Å². The molecule has 2 aliphatic rings. The van der Waals surface area contributed by atoms with Gasteiger partial charge in [0.2, 0.25) is 0 Å². The van der Waals surface area contributed by atoms with Crippen LogP contribution < -0.4 is 0 Å². The fraction of sp³-hybridized carbons (Fsp3) is 0.526. The van der Waals surface area contributed by atoms with Gasteiger partial charge < -0.3 is 19.4 Å². The van der Waals surface area contributed by atoms with E-state index < -0.39 is 5.60 Å². The van der Waals surface area contributed by atoms with Crippen molar-refractivity contribution in [1.82, 2.24) is 14.8 Å². The van der Waals surface area contributed by atoms with Gasteiger partial charge in [-0.05, 0) is 24.6 Å². The van der Waals surface area contributed by atoms with Crippen LogP contribution in [-0.4, -0.2) is 72.3 Å². The number of H-pyrrole nitrogens is 1. The van der Waals surface area contributed by atoms with Crippen molar-refractivity contribution in [1.29, 1.82) is 0 Å². The lowest BCUT2D eigenvalue weighted by molar-refractivity contribution is -0.171. The Bertz CT molecular complexity index is 753. The first-order chi connectivity index (χ1) is 12.2. The predicted molar refractivity (Wildman–Crippen MR) is 95.3 cm³/mol. The van der Waals surface area contributed by atoms with Gasteiger partial charge in [-0.15, -0.1) is 0 Å². The van der Waals surface area contributed by atoms with Crippen molar-refractivity contribution >= 4 is 16.8 Å². The van der Waals surface area contributed by atoms with Gasteiger partial charge in [0.25, 0.3) is 5.91 Å². The summed E-state index contributed by atoms with van der Waals surface area (Å²) in [6.45, 7) is 7.31. The lowest BCUT2D eigenvalue weighted by Gasteiger charge is -2.42. The highest BCUT2D eigenvalue weighted by Crippen LogP contribution is 2.25. The molecule has 0 radical (unpaired) electrons. The summed E-state index contributed by atoms with van der Waals surface area (Å²) >= 11 is 0. The summed E-state index contributed by atoms with van der Waals surface area (Å²) < 4.78 is 11.3. The number of nitrogens with one attached hydrogen (secondary N) is 1. The van der Waals surface area contributed by atoms with Crippen LogP contribution in [0.3, 0.4) is 0 Å². The lowest BCUT2D eigenvalue weighted by atomic mass is 10.0. The summed E-state index contributed by atoms with van der Waals surface area (Å²) in [7, 11) is 0. The summed E-state index contributed by atoms with van der Waals surface area (Å²) in [6.07, 6.45) is 1.97. The van der Waals surface area contributed by atoms with E-state index in [0.29, 0.717) is 39.5 Å². The molecular formula is C19H25N3O3. The van der Waals surface area contributed by atoms with Gasteiger partial charge in [-0.3, -0.25) is 9.69 Å². The Balaban J connectivity index is 1.48. The number of carbonyl (C=O) groups excluding carboxylic acids is 1. The largest absolute Gasteiger partial charge is 0.378 e. The minimum atomic E-state index is -0.776. The smallest absolute Gasteiger partial charge is 0.256 e. The monoisotopic (exact) mass is 343 g/mol. The molecule has 2 aromatic rings. The Labute approximate surface area is 147 Å². The molecule has 134 valence electrons. The summed E-state index contributed by atoms with van der Waals surface area (Å²) in [6, 6.07) is 8.44. The molecule has 1 atom stereocenters. The van der Waals surface area contributed by atoms with Gasteiger partial charge in [0.15, 0.2) is 5.60 Å². The van der Waals surface area contributed by atoms with Crippen LogP contribution in [0.1, 0.15) is 12.5 Å². The molecule has 4 rings (SSSR count). The van der Waals surface area contributed by atoms with Crippen LogP contribution in [0.15, 0.2) is 30.5 Å². The molecule has 6 nitrogen and oxygen atoms in total. The zero-order chi connectivity index (χ0) is 17.3. The number of benzene rings is 1. The molecule has 2 saturated heterocycles. The number of aromatic nitrogens is 1.